The van der Waals surface area contributed by atoms with Gasteiger partial charge in [0.2, 0.25) is 0 Å². The monoisotopic (exact) mass is 207 g/mol. The quantitative estimate of drug-likeness (QED) is 0.820. The van der Waals surface area contributed by atoms with E-state index in [1.54, 1.807) is 6.20 Å². The van der Waals surface area contributed by atoms with E-state index in [-0.39, 0.29) is 11.6 Å². The van der Waals surface area contributed by atoms with Crippen molar-refractivity contribution in [3.63, 3.8) is 0 Å². The number of nitrogens with zero attached hydrogens (tertiary/aromatic N) is 2. The summed E-state index contributed by atoms with van der Waals surface area (Å²) < 4.78 is 0. The summed E-state index contributed by atoms with van der Waals surface area (Å²) in [6, 6.07) is 1.97. The molecule has 0 saturated heterocycles. The van der Waals surface area contributed by atoms with Crippen molar-refractivity contribution in [2.75, 3.05) is 14.1 Å². The summed E-state index contributed by atoms with van der Waals surface area (Å²) in [5.74, 6) is 0. The summed E-state index contributed by atoms with van der Waals surface area (Å²) in [4.78, 5) is 6.28. The van der Waals surface area contributed by atoms with Crippen LogP contribution in [-0.2, 0) is 0 Å². The van der Waals surface area contributed by atoms with Crippen LogP contribution in [0.15, 0.2) is 18.5 Å². The highest BCUT2D eigenvalue weighted by Gasteiger charge is 2.30. The molecule has 0 spiro atoms. The molecular formula is C12H21N3. The van der Waals surface area contributed by atoms with Gasteiger partial charge in [0, 0.05) is 24.0 Å². The number of aryl methyl sites for hydroxylation is 1. The average molecular weight is 207 g/mol. The Morgan fingerprint density at radius 2 is 2.00 bits per heavy atom. The number of hydrogen-bond acceptors (Lipinski definition) is 3. The molecule has 0 aliphatic heterocycles. The van der Waals surface area contributed by atoms with Crippen LogP contribution in [0.3, 0.4) is 0 Å². The van der Waals surface area contributed by atoms with E-state index in [9.17, 15) is 0 Å². The zero-order valence-corrected chi connectivity index (χ0v) is 10.3. The number of nitrogens with two attached hydrogens (primary N) is 1. The minimum absolute atomic E-state index is 0.0267. The van der Waals surface area contributed by atoms with Gasteiger partial charge in [0.15, 0.2) is 0 Å². The number of likely N-dealkylation sites (N-methyl/N-ethyl adjacent to an activating group) is 1. The van der Waals surface area contributed by atoms with Gasteiger partial charge in [-0.2, -0.15) is 0 Å². The van der Waals surface area contributed by atoms with Crippen LogP contribution in [-0.4, -0.2) is 29.5 Å². The third-order valence-corrected chi connectivity index (χ3v) is 3.33. The van der Waals surface area contributed by atoms with Crippen molar-refractivity contribution in [3.8, 4) is 0 Å². The molecule has 0 amide bonds. The van der Waals surface area contributed by atoms with Crippen LogP contribution >= 0.6 is 0 Å². The van der Waals surface area contributed by atoms with Crippen LogP contribution in [0, 0.1) is 6.92 Å². The molecule has 1 heterocycles. The lowest BCUT2D eigenvalue weighted by atomic mass is 9.87. The summed E-state index contributed by atoms with van der Waals surface area (Å²) in [6.45, 7) is 6.36. The van der Waals surface area contributed by atoms with Gasteiger partial charge in [0.1, 0.15) is 0 Å². The molecule has 1 atom stereocenters. The largest absolute Gasteiger partial charge is 0.322 e. The van der Waals surface area contributed by atoms with Crippen molar-refractivity contribution in [1.29, 1.82) is 0 Å². The van der Waals surface area contributed by atoms with Crippen LogP contribution < -0.4 is 5.73 Å². The normalized spacial score (nSPS) is 14.3. The molecule has 0 saturated carbocycles. The molecule has 84 valence electrons. The first-order valence-corrected chi connectivity index (χ1v) is 5.21. The highest BCUT2D eigenvalue weighted by molar-refractivity contribution is 5.27. The summed E-state index contributed by atoms with van der Waals surface area (Å²) in [7, 11) is 4.09. The van der Waals surface area contributed by atoms with Crippen molar-refractivity contribution in [2.45, 2.75) is 32.4 Å². The molecule has 0 radical (unpaired) electrons. The number of hydrogen-bond donors (Lipinski definition) is 1. The van der Waals surface area contributed by atoms with Gasteiger partial charge in [-0.1, -0.05) is 0 Å². The third-order valence-electron chi connectivity index (χ3n) is 3.33. The zero-order valence-electron chi connectivity index (χ0n) is 10.3. The van der Waals surface area contributed by atoms with E-state index in [0.717, 1.165) is 5.56 Å². The van der Waals surface area contributed by atoms with Crippen molar-refractivity contribution in [2.24, 2.45) is 5.73 Å². The Morgan fingerprint density at radius 1 is 1.40 bits per heavy atom. The minimum atomic E-state index is -0.0756. The molecule has 2 N–H and O–H groups in total. The van der Waals surface area contributed by atoms with Gasteiger partial charge in [-0.3, -0.25) is 4.98 Å². The van der Waals surface area contributed by atoms with Crippen molar-refractivity contribution in [1.82, 2.24) is 9.88 Å². The molecule has 0 fully saturated rings. The van der Waals surface area contributed by atoms with Gasteiger partial charge in [-0.15, -0.1) is 0 Å². The Labute approximate surface area is 92.3 Å². The standard InChI is InChI=1S/C12H21N3/c1-9-6-7-14-8-10(9)11(13)12(2,3)15(4)5/h6-8,11H,13H2,1-5H3. The van der Waals surface area contributed by atoms with Gasteiger partial charge in [0.05, 0.1) is 0 Å². The summed E-state index contributed by atoms with van der Waals surface area (Å²) in [6.07, 6.45) is 3.67. The van der Waals surface area contributed by atoms with E-state index in [1.807, 2.05) is 26.4 Å². The van der Waals surface area contributed by atoms with E-state index in [2.05, 4.69) is 30.7 Å². The number of aromatic nitrogens is 1. The lowest BCUT2D eigenvalue weighted by Gasteiger charge is -2.38. The van der Waals surface area contributed by atoms with E-state index >= 15 is 0 Å². The molecule has 1 rings (SSSR count). The first kappa shape index (κ1) is 12.1. The fraction of sp³-hybridized carbons (Fsp3) is 0.583. The van der Waals surface area contributed by atoms with Crippen molar-refractivity contribution < 1.29 is 0 Å². The van der Waals surface area contributed by atoms with Crippen molar-refractivity contribution in [3.05, 3.63) is 29.6 Å². The molecule has 1 aromatic rings. The van der Waals surface area contributed by atoms with Crippen LogP contribution in [0.5, 0.6) is 0 Å². The van der Waals surface area contributed by atoms with Crippen LogP contribution in [0.4, 0.5) is 0 Å². The first-order valence-electron chi connectivity index (χ1n) is 5.21. The second-order valence-corrected chi connectivity index (χ2v) is 4.76. The Kier molecular flexibility index (Phi) is 3.47. The summed E-state index contributed by atoms with van der Waals surface area (Å²) in [5.41, 5.74) is 8.54. The molecule has 3 nitrogen and oxygen atoms in total. The van der Waals surface area contributed by atoms with Gasteiger partial charge < -0.3 is 10.6 Å². The van der Waals surface area contributed by atoms with E-state index in [0.29, 0.717) is 0 Å². The summed E-state index contributed by atoms with van der Waals surface area (Å²) in [5, 5.41) is 0. The highest BCUT2D eigenvalue weighted by Crippen LogP contribution is 2.28. The topological polar surface area (TPSA) is 42.1 Å². The smallest absolute Gasteiger partial charge is 0.0494 e. The molecule has 15 heavy (non-hydrogen) atoms. The molecule has 0 bridgehead atoms. The van der Waals surface area contributed by atoms with Gasteiger partial charge in [0.25, 0.3) is 0 Å². The van der Waals surface area contributed by atoms with Crippen LogP contribution in [0.25, 0.3) is 0 Å². The highest BCUT2D eigenvalue weighted by atomic mass is 15.2. The fourth-order valence-electron chi connectivity index (χ4n) is 1.46. The molecule has 3 heteroatoms. The summed E-state index contributed by atoms with van der Waals surface area (Å²) >= 11 is 0. The molecule has 1 unspecified atom stereocenters. The maximum atomic E-state index is 6.29. The van der Waals surface area contributed by atoms with Crippen molar-refractivity contribution >= 4 is 0 Å². The maximum Gasteiger partial charge on any atom is 0.0494 e. The predicted molar refractivity (Wildman–Crippen MR) is 63.7 cm³/mol. The molecule has 1 aromatic heterocycles. The lowest BCUT2D eigenvalue weighted by molar-refractivity contribution is 0.158. The fourth-order valence-corrected chi connectivity index (χ4v) is 1.46. The number of pyridine rings is 1. The van der Waals surface area contributed by atoms with Gasteiger partial charge in [-0.25, -0.2) is 0 Å². The second kappa shape index (κ2) is 4.29. The zero-order chi connectivity index (χ0) is 11.6. The lowest BCUT2D eigenvalue weighted by Crippen LogP contribution is -2.47. The van der Waals surface area contributed by atoms with E-state index < -0.39 is 0 Å². The average Bonchev–Trinajstić information content (AvgIpc) is 2.17. The Bertz CT molecular complexity index is 331. The third kappa shape index (κ3) is 2.36. The predicted octanol–water partition coefficient (Wildman–Crippen LogP) is 1.73. The maximum absolute atomic E-state index is 6.29. The Hall–Kier alpha value is -0.930. The molecular weight excluding hydrogens is 186 g/mol. The molecule has 0 aliphatic rings. The van der Waals surface area contributed by atoms with Gasteiger partial charge in [-0.05, 0) is 52.1 Å². The van der Waals surface area contributed by atoms with Gasteiger partial charge >= 0.3 is 0 Å². The number of rotatable bonds is 3. The minimum Gasteiger partial charge on any atom is -0.322 e. The Morgan fingerprint density at radius 3 is 2.47 bits per heavy atom. The van der Waals surface area contributed by atoms with Crippen LogP contribution in [0.2, 0.25) is 0 Å². The SMILES string of the molecule is Cc1ccncc1C(N)C(C)(C)N(C)C. The Balaban J connectivity index is 3.04. The van der Waals surface area contributed by atoms with E-state index in [4.69, 9.17) is 5.73 Å². The molecule has 0 aromatic carbocycles. The second-order valence-electron chi connectivity index (χ2n) is 4.76. The molecule has 0 aliphatic carbocycles. The van der Waals surface area contributed by atoms with Crippen LogP contribution in [0.1, 0.15) is 31.0 Å². The first-order chi connectivity index (χ1) is 6.87. The van der Waals surface area contributed by atoms with E-state index in [1.165, 1.54) is 5.56 Å².